The quantitative estimate of drug-likeness (QED) is 0.447. The first-order valence-corrected chi connectivity index (χ1v) is 11.5. The van der Waals surface area contributed by atoms with Crippen molar-refractivity contribution in [2.24, 2.45) is 0 Å². The molecular formula is C27H26FN3O6. The Morgan fingerprint density at radius 1 is 1.00 bits per heavy atom. The summed E-state index contributed by atoms with van der Waals surface area (Å²) in [7, 11) is 4.47. The summed E-state index contributed by atoms with van der Waals surface area (Å²) >= 11 is 0. The lowest BCUT2D eigenvalue weighted by molar-refractivity contribution is 0.0694. The number of halogens is 1. The fourth-order valence-corrected chi connectivity index (χ4v) is 4.65. The van der Waals surface area contributed by atoms with Crippen LogP contribution in [0.1, 0.15) is 48.1 Å². The number of ether oxygens (including phenoxy) is 2. The molecule has 1 aliphatic heterocycles. The molecule has 2 aromatic carbocycles. The number of hydrogen-bond acceptors (Lipinski definition) is 7. The van der Waals surface area contributed by atoms with Crippen LogP contribution in [0.3, 0.4) is 0 Å². The van der Waals surface area contributed by atoms with E-state index in [0.29, 0.717) is 24.2 Å². The number of methoxy groups -OCH3 is 2. The minimum atomic E-state index is -1.17. The first-order chi connectivity index (χ1) is 17.7. The summed E-state index contributed by atoms with van der Waals surface area (Å²) in [5.74, 6) is -3.59. The lowest BCUT2D eigenvalue weighted by Gasteiger charge is -2.22. The van der Waals surface area contributed by atoms with Crippen LogP contribution < -0.4 is 14.8 Å². The molecule has 0 bridgehead atoms. The fourth-order valence-electron chi connectivity index (χ4n) is 4.65. The molecule has 2 heterocycles. The molecule has 1 fully saturated rings. The monoisotopic (exact) mass is 507 g/mol. The van der Waals surface area contributed by atoms with E-state index in [-0.39, 0.29) is 34.1 Å². The maximum absolute atomic E-state index is 15.1. The molecule has 1 amide bonds. The summed E-state index contributed by atoms with van der Waals surface area (Å²) < 4.78 is 25.3. The zero-order chi connectivity index (χ0) is 26.7. The Labute approximate surface area is 212 Å². The molecule has 2 N–H and O–H groups in total. The van der Waals surface area contributed by atoms with Gasteiger partial charge < -0.3 is 24.8 Å². The third-order valence-corrected chi connectivity index (χ3v) is 6.44. The van der Waals surface area contributed by atoms with Crippen molar-refractivity contribution in [3.63, 3.8) is 0 Å². The number of ketones is 1. The van der Waals surface area contributed by atoms with Crippen molar-refractivity contribution in [2.45, 2.75) is 12.0 Å². The number of likely N-dealkylation sites (N-methyl/N-ethyl adjacent to an activating group) is 1. The second-order valence-electron chi connectivity index (χ2n) is 8.74. The van der Waals surface area contributed by atoms with Gasteiger partial charge in [-0.15, -0.1) is 0 Å². The van der Waals surface area contributed by atoms with E-state index in [0.717, 1.165) is 0 Å². The maximum atomic E-state index is 15.1. The van der Waals surface area contributed by atoms with Gasteiger partial charge in [-0.1, -0.05) is 6.07 Å². The van der Waals surface area contributed by atoms with Gasteiger partial charge >= 0.3 is 5.97 Å². The Morgan fingerprint density at radius 2 is 1.68 bits per heavy atom. The van der Waals surface area contributed by atoms with Gasteiger partial charge in [-0.3, -0.25) is 14.6 Å². The van der Waals surface area contributed by atoms with Crippen molar-refractivity contribution in [1.29, 1.82) is 0 Å². The Morgan fingerprint density at radius 3 is 2.32 bits per heavy atom. The SMILES string of the molecule is COc1ccc(OC)c(C(=O)c2ccc(C(=O)O)c([C@@H]3CN(C)CC3NC(=O)c3ccncc3)c2)c1F. The summed E-state index contributed by atoms with van der Waals surface area (Å²) in [6.07, 6.45) is 3.02. The van der Waals surface area contributed by atoms with Gasteiger partial charge in [0, 0.05) is 48.6 Å². The van der Waals surface area contributed by atoms with Gasteiger partial charge in [0.1, 0.15) is 11.3 Å². The maximum Gasteiger partial charge on any atom is 0.335 e. The molecule has 1 aromatic heterocycles. The van der Waals surface area contributed by atoms with E-state index >= 15 is 4.39 Å². The highest BCUT2D eigenvalue weighted by molar-refractivity contribution is 6.11. The molecule has 1 unspecified atom stereocenters. The van der Waals surface area contributed by atoms with Gasteiger partial charge in [-0.05, 0) is 49.0 Å². The summed E-state index contributed by atoms with van der Waals surface area (Å²) in [5.41, 5.74) is 0.551. The average Bonchev–Trinajstić information content (AvgIpc) is 3.27. The van der Waals surface area contributed by atoms with Gasteiger partial charge in [0.2, 0.25) is 0 Å². The van der Waals surface area contributed by atoms with Crippen LogP contribution in [0.15, 0.2) is 54.9 Å². The molecule has 37 heavy (non-hydrogen) atoms. The highest BCUT2D eigenvalue weighted by Crippen LogP contribution is 2.34. The number of amides is 1. The predicted octanol–water partition coefficient (Wildman–Crippen LogP) is 2.99. The minimum Gasteiger partial charge on any atom is -0.496 e. The van der Waals surface area contributed by atoms with E-state index in [9.17, 15) is 19.5 Å². The normalized spacial score (nSPS) is 17.3. The molecule has 192 valence electrons. The number of carboxylic acid groups (broad SMARTS) is 1. The Balaban J connectivity index is 1.74. The second kappa shape index (κ2) is 10.8. The molecule has 9 nitrogen and oxygen atoms in total. The molecule has 1 saturated heterocycles. The van der Waals surface area contributed by atoms with Crippen molar-refractivity contribution < 1.29 is 33.4 Å². The number of aromatic nitrogens is 1. The number of nitrogens with zero attached hydrogens (tertiary/aromatic N) is 2. The number of aromatic carboxylic acids is 1. The highest BCUT2D eigenvalue weighted by atomic mass is 19.1. The average molecular weight is 508 g/mol. The number of carboxylic acids is 1. The number of benzene rings is 2. The number of hydrogen-bond donors (Lipinski definition) is 2. The zero-order valence-electron chi connectivity index (χ0n) is 20.5. The molecular weight excluding hydrogens is 481 g/mol. The van der Waals surface area contributed by atoms with Crippen LogP contribution in [0.4, 0.5) is 4.39 Å². The predicted molar refractivity (Wildman–Crippen MR) is 132 cm³/mol. The standard InChI is InChI=1S/C27H26FN3O6/c1-31-13-19(20(14-31)30-26(33)15-8-10-29-11-9-15)18-12-16(4-5-17(18)27(34)35)25(32)23-21(36-2)6-7-22(37-3)24(23)28/h4-12,19-20H,13-14H2,1-3H3,(H,30,33)(H,34,35)/t19-,20?/m0/s1. The number of pyridine rings is 1. The number of carbonyl (C=O) groups excluding carboxylic acids is 2. The smallest absolute Gasteiger partial charge is 0.335 e. The van der Waals surface area contributed by atoms with Crippen molar-refractivity contribution in [2.75, 3.05) is 34.4 Å². The number of nitrogens with one attached hydrogen (secondary N) is 1. The van der Waals surface area contributed by atoms with Crippen LogP contribution in [0.25, 0.3) is 0 Å². The van der Waals surface area contributed by atoms with E-state index in [1.54, 1.807) is 12.1 Å². The van der Waals surface area contributed by atoms with E-state index in [4.69, 9.17) is 9.47 Å². The first kappa shape index (κ1) is 25.8. The van der Waals surface area contributed by atoms with Crippen LogP contribution in [-0.2, 0) is 0 Å². The minimum absolute atomic E-state index is 0.00177. The van der Waals surface area contributed by atoms with Crippen LogP contribution in [-0.4, -0.2) is 73.0 Å². The van der Waals surface area contributed by atoms with Gasteiger partial charge in [0.05, 0.1) is 19.8 Å². The third-order valence-electron chi connectivity index (χ3n) is 6.44. The van der Waals surface area contributed by atoms with Crippen LogP contribution >= 0.6 is 0 Å². The van der Waals surface area contributed by atoms with Gasteiger partial charge in [0.15, 0.2) is 17.3 Å². The van der Waals surface area contributed by atoms with E-state index in [1.807, 2.05) is 11.9 Å². The van der Waals surface area contributed by atoms with Gasteiger partial charge in [-0.25, -0.2) is 9.18 Å². The zero-order valence-corrected chi connectivity index (χ0v) is 20.5. The number of likely N-dealkylation sites (tertiary alicyclic amines) is 1. The Bertz CT molecular complexity index is 1350. The lowest BCUT2D eigenvalue weighted by Crippen LogP contribution is -2.40. The highest BCUT2D eigenvalue weighted by Gasteiger charge is 2.36. The molecule has 1 aliphatic rings. The topological polar surface area (TPSA) is 118 Å². The van der Waals surface area contributed by atoms with Crippen LogP contribution in [0.2, 0.25) is 0 Å². The molecule has 4 rings (SSSR count). The van der Waals surface area contributed by atoms with Crippen molar-refractivity contribution >= 4 is 17.7 Å². The summed E-state index contributed by atoms with van der Waals surface area (Å²) in [6, 6.07) is 9.65. The van der Waals surface area contributed by atoms with E-state index < -0.39 is 29.5 Å². The summed E-state index contributed by atoms with van der Waals surface area (Å²) in [5, 5.41) is 12.9. The fraction of sp³-hybridized carbons (Fsp3) is 0.259. The Hall–Kier alpha value is -4.31. The van der Waals surface area contributed by atoms with Gasteiger partial charge in [-0.2, -0.15) is 0 Å². The van der Waals surface area contributed by atoms with E-state index in [1.165, 1.54) is 56.9 Å². The number of rotatable bonds is 8. The van der Waals surface area contributed by atoms with Crippen LogP contribution in [0, 0.1) is 5.82 Å². The largest absolute Gasteiger partial charge is 0.496 e. The van der Waals surface area contributed by atoms with Crippen LogP contribution in [0.5, 0.6) is 11.5 Å². The molecule has 10 heteroatoms. The van der Waals surface area contributed by atoms with Crippen molar-refractivity contribution in [3.05, 3.63) is 88.5 Å². The number of carbonyl (C=O) groups is 3. The summed E-state index contributed by atoms with van der Waals surface area (Å²) in [4.78, 5) is 44.3. The first-order valence-electron chi connectivity index (χ1n) is 11.5. The summed E-state index contributed by atoms with van der Waals surface area (Å²) in [6.45, 7) is 0.910. The second-order valence-corrected chi connectivity index (χ2v) is 8.74. The van der Waals surface area contributed by atoms with E-state index in [2.05, 4.69) is 10.3 Å². The lowest BCUT2D eigenvalue weighted by atomic mass is 9.87. The molecule has 0 saturated carbocycles. The molecule has 0 aliphatic carbocycles. The van der Waals surface area contributed by atoms with Crippen molar-refractivity contribution in [1.82, 2.24) is 15.2 Å². The molecule has 0 spiro atoms. The molecule has 2 atom stereocenters. The Kier molecular flexibility index (Phi) is 7.49. The molecule has 0 radical (unpaired) electrons. The molecule has 3 aromatic rings. The third kappa shape index (κ3) is 5.14. The van der Waals surface area contributed by atoms with Gasteiger partial charge in [0.25, 0.3) is 5.91 Å². The van der Waals surface area contributed by atoms with Crippen molar-refractivity contribution in [3.8, 4) is 11.5 Å².